The largest absolute Gasteiger partial charge is 0.464 e. The number of allylic oxidation sites excluding steroid dienone is 1. The number of nitrogens with one attached hydrogen (secondary N) is 1. The molecule has 0 aliphatic heterocycles. The van der Waals surface area contributed by atoms with Crippen molar-refractivity contribution in [3.63, 3.8) is 0 Å². The van der Waals surface area contributed by atoms with E-state index in [4.69, 9.17) is 4.42 Å². The second kappa shape index (κ2) is 6.88. The normalized spacial score (nSPS) is 12.0. The topological polar surface area (TPSA) is 62.6 Å². The van der Waals surface area contributed by atoms with Crippen LogP contribution < -0.4 is 5.32 Å². The molecule has 108 valence electrons. The first-order valence-corrected chi connectivity index (χ1v) is 7.68. The maximum Gasteiger partial charge on any atom is 0.246 e. The van der Waals surface area contributed by atoms with E-state index in [1.165, 1.54) is 4.31 Å². The summed E-state index contributed by atoms with van der Waals surface area (Å²) >= 11 is 0. The average molecular weight is 286 g/mol. The smallest absolute Gasteiger partial charge is 0.246 e. The van der Waals surface area contributed by atoms with Crippen molar-refractivity contribution in [3.8, 4) is 0 Å². The van der Waals surface area contributed by atoms with E-state index < -0.39 is 10.0 Å². The molecule has 0 saturated carbocycles. The van der Waals surface area contributed by atoms with Crippen LogP contribution in [-0.2, 0) is 16.6 Å². The van der Waals surface area contributed by atoms with Gasteiger partial charge in [0, 0.05) is 19.7 Å². The van der Waals surface area contributed by atoms with Crippen molar-refractivity contribution in [1.29, 1.82) is 0 Å². The molecule has 5 nitrogen and oxygen atoms in total. The van der Waals surface area contributed by atoms with Gasteiger partial charge in [-0.15, -0.1) is 6.58 Å². The third-order valence-electron chi connectivity index (χ3n) is 2.84. The van der Waals surface area contributed by atoms with Crippen LogP contribution in [0.3, 0.4) is 0 Å². The Balaban J connectivity index is 2.89. The van der Waals surface area contributed by atoms with Crippen molar-refractivity contribution in [2.75, 3.05) is 20.6 Å². The van der Waals surface area contributed by atoms with Crippen LogP contribution in [0.25, 0.3) is 0 Å². The molecule has 1 aromatic heterocycles. The van der Waals surface area contributed by atoms with Gasteiger partial charge in [-0.3, -0.25) is 0 Å². The lowest BCUT2D eigenvalue weighted by atomic mass is 10.3. The summed E-state index contributed by atoms with van der Waals surface area (Å²) in [7, 11) is -0.0990. The van der Waals surface area contributed by atoms with Crippen molar-refractivity contribution in [1.82, 2.24) is 9.62 Å². The zero-order chi connectivity index (χ0) is 14.5. The van der Waals surface area contributed by atoms with Gasteiger partial charge >= 0.3 is 0 Å². The minimum atomic E-state index is -3.47. The van der Waals surface area contributed by atoms with E-state index in [-0.39, 0.29) is 4.90 Å². The maximum atomic E-state index is 12.4. The van der Waals surface area contributed by atoms with E-state index in [9.17, 15) is 8.42 Å². The Hall–Kier alpha value is -1.11. The van der Waals surface area contributed by atoms with E-state index in [1.807, 2.05) is 0 Å². The molecule has 0 fully saturated rings. The summed E-state index contributed by atoms with van der Waals surface area (Å²) in [4.78, 5) is 0.249. The number of hydrogen-bond donors (Lipinski definition) is 1. The number of aryl methyl sites for hydroxylation is 1. The Morgan fingerprint density at radius 1 is 1.53 bits per heavy atom. The van der Waals surface area contributed by atoms with Crippen molar-refractivity contribution in [3.05, 3.63) is 30.2 Å². The van der Waals surface area contributed by atoms with E-state index in [2.05, 4.69) is 11.9 Å². The minimum absolute atomic E-state index is 0.249. The molecule has 0 amide bonds. The zero-order valence-corrected chi connectivity index (χ0v) is 12.6. The lowest BCUT2D eigenvalue weighted by Gasteiger charge is -2.15. The molecule has 0 aromatic carbocycles. The molecule has 1 rings (SSSR count). The summed E-state index contributed by atoms with van der Waals surface area (Å²) in [5.41, 5.74) is 0. The Morgan fingerprint density at radius 3 is 2.79 bits per heavy atom. The summed E-state index contributed by atoms with van der Waals surface area (Å²) in [6, 6.07) is 1.59. The maximum absolute atomic E-state index is 12.4. The van der Waals surface area contributed by atoms with Crippen LogP contribution in [0.5, 0.6) is 0 Å². The molecule has 0 saturated heterocycles. The summed E-state index contributed by atoms with van der Waals surface area (Å²) in [6.45, 7) is 6.28. The first kappa shape index (κ1) is 15.9. The predicted molar refractivity (Wildman–Crippen MR) is 75.5 cm³/mol. The fourth-order valence-electron chi connectivity index (χ4n) is 1.79. The van der Waals surface area contributed by atoms with Crippen molar-refractivity contribution >= 4 is 10.0 Å². The number of hydrogen-bond acceptors (Lipinski definition) is 4. The van der Waals surface area contributed by atoms with Crippen LogP contribution in [0.2, 0.25) is 0 Å². The highest BCUT2D eigenvalue weighted by molar-refractivity contribution is 7.89. The molecule has 0 aliphatic rings. The minimum Gasteiger partial charge on any atom is -0.464 e. The number of furan rings is 1. The van der Waals surface area contributed by atoms with Crippen LogP contribution in [0.4, 0.5) is 0 Å². The molecular formula is C13H22N2O3S. The molecule has 19 heavy (non-hydrogen) atoms. The van der Waals surface area contributed by atoms with E-state index in [0.717, 1.165) is 12.8 Å². The Bertz CT molecular complexity index is 520. The first-order chi connectivity index (χ1) is 8.93. The standard InChI is InChI=1S/C13H22N2O3S/c1-5-6-7-8-15(4)19(16,17)13-9-12(10-14-3)18-11(13)2/h5,9,14H,1,6-8,10H2,2-4H3. The fourth-order valence-corrected chi connectivity index (χ4v) is 3.18. The van der Waals surface area contributed by atoms with Crippen LogP contribution in [0.15, 0.2) is 28.0 Å². The number of sulfonamides is 1. The highest BCUT2D eigenvalue weighted by atomic mass is 32.2. The quantitative estimate of drug-likeness (QED) is 0.585. The highest BCUT2D eigenvalue weighted by Gasteiger charge is 2.25. The van der Waals surface area contributed by atoms with Gasteiger partial charge in [-0.2, -0.15) is 0 Å². The summed E-state index contributed by atoms with van der Waals surface area (Å²) < 4.78 is 31.6. The van der Waals surface area contributed by atoms with E-state index in [1.54, 1.807) is 33.2 Å². The number of rotatable bonds is 8. The molecule has 0 spiro atoms. The van der Waals surface area contributed by atoms with Gasteiger partial charge in [0.25, 0.3) is 0 Å². The second-order valence-corrected chi connectivity index (χ2v) is 6.43. The van der Waals surface area contributed by atoms with Gasteiger partial charge in [0.15, 0.2) is 0 Å². The van der Waals surface area contributed by atoms with Gasteiger partial charge in [0.1, 0.15) is 16.4 Å². The molecule has 1 N–H and O–H groups in total. The Kier molecular flexibility index (Phi) is 5.78. The van der Waals surface area contributed by atoms with Gasteiger partial charge in [-0.05, 0) is 26.8 Å². The lowest BCUT2D eigenvalue weighted by molar-refractivity contribution is 0.450. The lowest BCUT2D eigenvalue weighted by Crippen LogP contribution is -2.28. The van der Waals surface area contributed by atoms with Gasteiger partial charge in [0.2, 0.25) is 10.0 Å². The summed E-state index contributed by atoms with van der Waals surface area (Å²) in [5, 5.41) is 2.93. The highest BCUT2D eigenvalue weighted by Crippen LogP contribution is 2.23. The number of nitrogens with zero attached hydrogens (tertiary/aromatic N) is 1. The van der Waals surface area contributed by atoms with Crippen molar-refractivity contribution in [2.45, 2.75) is 31.2 Å². The SMILES string of the molecule is C=CCCCN(C)S(=O)(=O)c1cc(CNC)oc1C. The van der Waals surface area contributed by atoms with Crippen molar-refractivity contribution < 1.29 is 12.8 Å². The molecule has 6 heteroatoms. The third kappa shape index (κ3) is 3.92. The Labute approximate surface area is 115 Å². The third-order valence-corrected chi connectivity index (χ3v) is 4.81. The average Bonchev–Trinajstić information content (AvgIpc) is 2.71. The second-order valence-electron chi connectivity index (χ2n) is 4.42. The zero-order valence-electron chi connectivity index (χ0n) is 11.8. The molecule has 1 heterocycles. The van der Waals surface area contributed by atoms with Crippen molar-refractivity contribution in [2.24, 2.45) is 0 Å². The van der Waals surface area contributed by atoms with Gasteiger partial charge in [-0.25, -0.2) is 12.7 Å². The molecule has 0 bridgehead atoms. The van der Waals surface area contributed by atoms with Gasteiger partial charge in [0.05, 0.1) is 6.54 Å². The molecule has 1 aromatic rings. The van der Waals surface area contributed by atoms with E-state index >= 15 is 0 Å². The molecule has 0 unspecified atom stereocenters. The number of unbranched alkanes of at least 4 members (excludes halogenated alkanes) is 1. The van der Waals surface area contributed by atoms with Gasteiger partial charge in [-0.1, -0.05) is 6.08 Å². The fraction of sp³-hybridized carbons (Fsp3) is 0.538. The monoisotopic (exact) mass is 286 g/mol. The predicted octanol–water partition coefficient (Wildman–Crippen LogP) is 1.89. The van der Waals surface area contributed by atoms with Crippen LogP contribution in [0.1, 0.15) is 24.4 Å². The van der Waals surface area contributed by atoms with E-state index in [0.29, 0.717) is 24.6 Å². The molecule has 0 atom stereocenters. The molecule has 0 aliphatic carbocycles. The molecular weight excluding hydrogens is 264 g/mol. The van der Waals surface area contributed by atoms with Crippen LogP contribution in [0, 0.1) is 6.92 Å². The van der Waals surface area contributed by atoms with Gasteiger partial charge < -0.3 is 9.73 Å². The first-order valence-electron chi connectivity index (χ1n) is 6.24. The summed E-state index contributed by atoms with van der Waals surface area (Å²) in [5.74, 6) is 1.05. The molecule has 0 radical (unpaired) electrons. The van der Waals surface area contributed by atoms with Crippen LogP contribution >= 0.6 is 0 Å². The van der Waals surface area contributed by atoms with Crippen LogP contribution in [-0.4, -0.2) is 33.4 Å². The Morgan fingerprint density at radius 2 is 2.21 bits per heavy atom. The summed E-state index contributed by atoms with van der Waals surface area (Å²) in [6.07, 6.45) is 3.35.